The maximum atomic E-state index is 13.0. The van der Waals surface area contributed by atoms with E-state index >= 15 is 0 Å². The summed E-state index contributed by atoms with van der Waals surface area (Å²) in [5.41, 5.74) is 0.656. The highest BCUT2D eigenvalue weighted by Crippen LogP contribution is 2.28. The maximum Gasteiger partial charge on any atom is 0.272 e. The number of pyridine rings is 1. The molecule has 0 atom stereocenters. The molecular formula is C24H19FN2O5. The number of aromatic nitrogens is 1. The Morgan fingerprint density at radius 1 is 0.875 bits per heavy atom. The number of fused-ring (bicyclic) bond motifs is 1. The van der Waals surface area contributed by atoms with Gasteiger partial charge in [-0.05, 0) is 48.5 Å². The lowest BCUT2D eigenvalue weighted by Crippen LogP contribution is -2.17. The Balaban J connectivity index is 1.54. The third-order valence-electron chi connectivity index (χ3n) is 4.73. The van der Waals surface area contributed by atoms with Crippen molar-refractivity contribution in [1.29, 1.82) is 0 Å². The lowest BCUT2D eigenvalue weighted by atomic mass is 10.1. The Morgan fingerprint density at radius 3 is 2.16 bits per heavy atom. The molecule has 0 fully saturated rings. The fourth-order valence-electron chi connectivity index (χ4n) is 3.17. The minimum atomic E-state index is -0.488. The van der Waals surface area contributed by atoms with E-state index in [1.807, 2.05) is 0 Å². The van der Waals surface area contributed by atoms with Crippen LogP contribution in [0.3, 0.4) is 0 Å². The second-order valence-electron chi connectivity index (χ2n) is 6.83. The number of amides is 1. The van der Waals surface area contributed by atoms with Gasteiger partial charge in [-0.2, -0.15) is 0 Å². The SMILES string of the molecule is COc1cc(OC)c2c(=O)cc(C(=O)Nc3ccc(Oc4ccc(F)cc4)cc3)[nH]c2c1. The molecule has 0 spiro atoms. The largest absolute Gasteiger partial charge is 0.497 e. The van der Waals surface area contributed by atoms with Crippen LogP contribution in [0.2, 0.25) is 0 Å². The summed E-state index contributed by atoms with van der Waals surface area (Å²) in [4.78, 5) is 28.3. The minimum absolute atomic E-state index is 0.0874. The van der Waals surface area contributed by atoms with Crippen molar-refractivity contribution < 1.29 is 23.4 Å². The molecule has 32 heavy (non-hydrogen) atoms. The van der Waals surface area contributed by atoms with Gasteiger partial charge in [0.1, 0.15) is 34.5 Å². The number of aromatic amines is 1. The van der Waals surface area contributed by atoms with Gasteiger partial charge < -0.3 is 24.5 Å². The third kappa shape index (κ3) is 4.39. The predicted molar refractivity (Wildman–Crippen MR) is 119 cm³/mol. The molecule has 0 aliphatic rings. The number of methoxy groups -OCH3 is 2. The van der Waals surface area contributed by atoms with E-state index in [2.05, 4.69) is 10.3 Å². The van der Waals surface area contributed by atoms with Crippen LogP contribution >= 0.6 is 0 Å². The molecule has 0 saturated heterocycles. The third-order valence-corrected chi connectivity index (χ3v) is 4.73. The van der Waals surface area contributed by atoms with Crippen molar-refractivity contribution in [2.75, 3.05) is 19.5 Å². The topological polar surface area (TPSA) is 89.7 Å². The molecule has 1 heterocycles. The van der Waals surface area contributed by atoms with Gasteiger partial charge in [0, 0.05) is 23.9 Å². The van der Waals surface area contributed by atoms with Crippen molar-refractivity contribution in [2.24, 2.45) is 0 Å². The summed E-state index contributed by atoms with van der Waals surface area (Å²) in [5, 5.41) is 3.06. The van der Waals surface area contributed by atoms with E-state index in [1.54, 1.807) is 36.4 Å². The molecular weight excluding hydrogens is 415 g/mol. The van der Waals surface area contributed by atoms with Crippen LogP contribution in [0.5, 0.6) is 23.0 Å². The number of nitrogens with one attached hydrogen (secondary N) is 2. The van der Waals surface area contributed by atoms with Crippen molar-refractivity contribution in [3.05, 3.63) is 88.5 Å². The van der Waals surface area contributed by atoms with Crippen LogP contribution in [0.1, 0.15) is 10.5 Å². The van der Waals surface area contributed by atoms with Gasteiger partial charge in [-0.15, -0.1) is 0 Å². The fraction of sp³-hybridized carbons (Fsp3) is 0.0833. The van der Waals surface area contributed by atoms with Crippen molar-refractivity contribution in [2.45, 2.75) is 0 Å². The average Bonchev–Trinajstić information content (AvgIpc) is 2.80. The fourth-order valence-corrected chi connectivity index (χ4v) is 3.17. The van der Waals surface area contributed by atoms with E-state index in [9.17, 15) is 14.0 Å². The van der Waals surface area contributed by atoms with E-state index in [-0.39, 0.29) is 16.9 Å². The molecule has 0 unspecified atom stereocenters. The van der Waals surface area contributed by atoms with Crippen molar-refractivity contribution in [1.82, 2.24) is 4.98 Å². The minimum Gasteiger partial charge on any atom is -0.497 e. The van der Waals surface area contributed by atoms with Crippen molar-refractivity contribution in [3.8, 4) is 23.0 Å². The molecule has 2 N–H and O–H groups in total. The van der Waals surface area contributed by atoms with Crippen LogP contribution < -0.4 is 25.0 Å². The number of hydrogen-bond donors (Lipinski definition) is 2. The van der Waals surface area contributed by atoms with Crippen molar-refractivity contribution in [3.63, 3.8) is 0 Å². The summed E-state index contributed by atoms with van der Waals surface area (Å²) in [6, 6.07) is 16.7. The lowest BCUT2D eigenvalue weighted by molar-refractivity contribution is 0.102. The Labute approximate surface area is 182 Å². The average molecular weight is 434 g/mol. The first kappa shape index (κ1) is 20.9. The first-order valence-corrected chi connectivity index (χ1v) is 9.61. The normalized spacial score (nSPS) is 10.6. The van der Waals surface area contributed by atoms with E-state index in [0.717, 1.165) is 0 Å². The van der Waals surface area contributed by atoms with Gasteiger partial charge in [-0.25, -0.2) is 4.39 Å². The van der Waals surface area contributed by atoms with Gasteiger partial charge in [0.2, 0.25) is 0 Å². The molecule has 4 aromatic rings. The standard InChI is InChI=1S/C24H19FN2O5/c1-30-18-11-19-23(22(12-18)31-2)21(28)13-20(27-19)24(29)26-15-5-9-17(10-6-15)32-16-7-3-14(25)4-8-16/h3-13H,1-2H3,(H,26,29)(H,27,28). The first-order chi connectivity index (χ1) is 15.5. The smallest absolute Gasteiger partial charge is 0.272 e. The van der Waals surface area contributed by atoms with E-state index < -0.39 is 5.91 Å². The zero-order valence-corrected chi connectivity index (χ0v) is 17.3. The number of ether oxygens (including phenoxy) is 3. The summed E-state index contributed by atoms with van der Waals surface area (Å²) in [5.74, 6) is 1.01. The Bertz CT molecular complexity index is 1330. The number of H-pyrrole nitrogens is 1. The monoisotopic (exact) mass is 434 g/mol. The van der Waals surface area contributed by atoms with Crippen LogP contribution in [0.4, 0.5) is 10.1 Å². The summed E-state index contributed by atoms with van der Waals surface area (Å²) < 4.78 is 29.1. The van der Waals surface area contributed by atoms with Gasteiger partial charge >= 0.3 is 0 Å². The molecule has 0 aliphatic carbocycles. The molecule has 4 rings (SSSR count). The predicted octanol–water partition coefficient (Wildman–Crippen LogP) is 4.73. The van der Waals surface area contributed by atoms with E-state index in [4.69, 9.17) is 14.2 Å². The summed E-state index contributed by atoms with van der Waals surface area (Å²) in [6.45, 7) is 0. The second kappa shape index (κ2) is 8.81. The van der Waals surface area contributed by atoms with Crippen molar-refractivity contribution >= 4 is 22.5 Å². The quantitative estimate of drug-likeness (QED) is 0.458. The number of hydrogen-bond acceptors (Lipinski definition) is 5. The Morgan fingerprint density at radius 2 is 1.53 bits per heavy atom. The van der Waals surface area contributed by atoms with E-state index in [1.165, 1.54) is 44.6 Å². The van der Waals surface area contributed by atoms with E-state index in [0.29, 0.717) is 39.6 Å². The number of anilines is 1. The summed E-state index contributed by atoms with van der Waals surface area (Å²) in [7, 11) is 2.95. The van der Waals surface area contributed by atoms with Gasteiger partial charge in [0.25, 0.3) is 5.91 Å². The molecule has 0 bridgehead atoms. The molecule has 7 nitrogen and oxygen atoms in total. The summed E-state index contributed by atoms with van der Waals surface area (Å²) in [6.07, 6.45) is 0. The van der Waals surface area contributed by atoms with Crippen LogP contribution in [0, 0.1) is 5.82 Å². The molecule has 0 radical (unpaired) electrons. The molecule has 1 aromatic heterocycles. The number of carbonyl (C=O) groups is 1. The Hall–Kier alpha value is -4.33. The van der Waals surface area contributed by atoms with Gasteiger partial charge in [-0.1, -0.05) is 0 Å². The lowest BCUT2D eigenvalue weighted by Gasteiger charge is -2.11. The summed E-state index contributed by atoms with van der Waals surface area (Å²) >= 11 is 0. The highest BCUT2D eigenvalue weighted by molar-refractivity contribution is 6.04. The highest BCUT2D eigenvalue weighted by atomic mass is 19.1. The zero-order valence-electron chi connectivity index (χ0n) is 17.3. The second-order valence-corrected chi connectivity index (χ2v) is 6.83. The van der Waals surface area contributed by atoms with Crippen LogP contribution in [0.15, 0.2) is 71.5 Å². The molecule has 8 heteroatoms. The van der Waals surface area contributed by atoms with Crippen LogP contribution in [-0.4, -0.2) is 25.1 Å². The molecule has 0 aliphatic heterocycles. The van der Waals surface area contributed by atoms with Gasteiger partial charge in [0.15, 0.2) is 5.43 Å². The van der Waals surface area contributed by atoms with Crippen LogP contribution in [-0.2, 0) is 0 Å². The number of rotatable bonds is 6. The van der Waals surface area contributed by atoms with Gasteiger partial charge in [-0.3, -0.25) is 9.59 Å². The molecule has 1 amide bonds. The first-order valence-electron chi connectivity index (χ1n) is 9.61. The molecule has 162 valence electrons. The zero-order chi connectivity index (χ0) is 22.7. The maximum absolute atomic E-state index is 13.0. The molecule has 0 saturated carbocycles. The Kier molecular flexibility index (Phi) is 5.76. The van der Waals surface area contributed by atoms with Gasteiger partial charge in [0.05, 0.1) is 25.1 Å². The molecule has 3 aromatic carbocycles. The number of halogens is 1. The van der Waals surface area contributed by atoms with Crippen LogP contribution in [0.25, 0.3) is 10.9 Å². The highest BCUT2D eigenvalue weighted by Gasteiger charge is 2.14. The number of carbonyl (C=O) groups excluding carboxylic acids is 1. The number of benzene rings is 3.